The van der Waals surface area contributed by atoms with Gasteiger partial charge in [-0.15, -0.1) is 0 Å². The second kappa shape index (κ2) is 14.8. The first-order chi connectivity index (χ1) is 24.0. The van der Waals surface area contributed by atoms with Crippen LogP contribution in [0.25, 0.3) is 11.2 Å². The lowest BCUT2D eigenvalue weighted by molar-refractivity contribution is -0.0434. The number of hydrogen-bond acceptors (Lipinski definition) is 11. The number of aryl methyl sites for hydroxylation is 1. The molecule has 4 N–H and O–H groups in total. The van der Waals surface area contributed by atoms with Crippen molar-refractivity contribution in [2.24, 2.45) is 0 Å². The van der Waals surface area contributed by atoms with Crippen LogP contribution >= 0.6 is 0 Å². The molecule has 4 atom stereocenters. The van der Waals surface area contributed by atoms with Crippen LogP contribution in [-0.4, -0.2) is 90.6 Å². The smallest absolute Gasteiger partial charge is 0.289 e. The van der Waals surface area contributed by atoms with Crippen LogP contribution in [0.2, 0.25) is 0 Å². The molecule has 0 saturated carbocycles. The molecule has 13 nitrogen and oxygen atoms in total. The first-order valence-electron chi connectivity index (χ1n) is 17.1. The predicted molar refractivity (Wildman–Crippen MR) is 182 cm³/mol. The number of aromatic nitrogens is 5. The van der Waals surface area contributed by atoms with Crippen molar-refractivity contribution in [1.29, 1.82) is 0 Å². The molecule has 2 aliphatic rings. The molecule has 0 radical (unpaired) electrons. The fraction of sp³-hybridized carbons (Fsp3) is 0.417. The largest absolute Gasteiger partial charge is 0.387 e. The number of aliphatic hydroxyl groups is 2. The third kappa shape index (κ3) is 7.06. The van der Waals surface area contributed by atoms with Crippen LogP contribution in [0.1, 0.15) is 77.6 Å². The zero-order chi connectivity index (χ0) is 33.7. The van der Waals surface area contributed by atoms with E-state index in [0.717, 1.165) is 30.8 Å². The Bertz CT molecular complexity index is 1800. The van der Waals surface area contributed by atoms with Crippen molar-refractivity contribution in [2.45, 2.75) is 63.1 Å². The number of fused-ring (bicyclic) bond motifs is 1. The Morgan fingerprint density at radius 1 is 0.980 bits per heavy atom. The lowest BCUT2D eigenvalue weighted by Gasteiger charge is -2.26. The fourth-order valence-electron chi connectivity index (χ4n) is 6.67. The molecule has 0 bridgehead atoms. The van der Waals surface area contributed by atoms with E-state index in [1.807, 2.05) is 43.3 Å². The summed E-state index contributed by atoms with van der Waals surface area (Å²) >= 11 is 0. The van der Waals surface area contributed by atoms with Crippen molar-refractivity contribution in [3.8, 4) is 0 Å². The maximum absolute atomic E-state index is 13.6. The first kappa shape index (κ1) is 32.8. The maximum atomic E-state index is 13.6. The van der Waals surface area contributed by atoms with Crippen molar-refractivity contribution in [1.82, 2.24) is 34.9 Å². The van der Waals surface area contributed by atoms with Crippen LogP contribution in [0.15, 0.2) is 77.6 Å². The van der Waals surface area contributed by atoms with Gasteiger partial charge in [0.15, 0.2) is 29.0 Å². The lowest BCUT2D eigenvalue weighted by atomic mass is 9.91. The summed E-state index contributed by atoms with van der Waals surface area (Å²) in [4.78, 5) is 29.8. The summed E-state index contributed by atoms with van der Waals surface area (Å²) in [5, 5.41) is 32.6. The topological polar surface area (TPSA) is 164 Å². The number of imidazole rings is 1. The predicted octanol–water partition coefficient (Wildman–Crippen LogP) is 3.83. The maximum Gasteiger partial charge on any atom is 0.289 e. The third-order valence-corrected chi connectivity index (χ3v) is 9.40. The zero-order valence-corrected chi connectivity index (χ0v) is 27.5. The van der Waals surface area contributed by atoms with E-state index in [4.69, 9.17) is 9.26 Å². The monoisotopic (exact) mass is 666 g/mol. The number of hydrogen-bond donors (Lipinski definition) is 4. The molecular weight excluding hydrogens is 624 g/mol. The Balaban J connectivity index is 1.20. The number of piperidine rings is 1. The first-order valence-corrected chi connectivity index (χ1v) is 17.1. The van der Waals surface area contributed by atoms with E-state index in [-0.39, 0.29) is 17.4 Å². The molecular formula is C36H42N8O5. The second-order valence-electron chi connectivity index (χ2n) is 12.6. The fourth-order valence-corrected chi connectivity index (χ4v) is 6.67. The van der Waals surface area contributed by atoms with Crippen LogP contribution in [0.4, 0.5) is 5.82 Å². The molecule has 13 heteroatoms. The summed E-state index contributed by atoms with van der Waals surface area (Å²) < 4.78 is 13.1. The van der Waals surface area contributed by atoms with Gasteiger partial charge < -0.3 is 35.0 Å². The average Bonchev–Trinajstić information content (AvgIpc) is 3.87. The summed E-state index contributed by atoms with van der Waals surface area (Å²) in [7, 11) is 0. The van der Waals surface area contributed by atoms with Gasteiger partial charge in [-0.3, -0.25) is 9.36 Å². The second-order valence-corrected chi connectivity index (χ2v) is 12.6. The highest BCUT2D eigenvalue weighted by molar-refractivity contribution is 5.94. The van der Waals surface area contributed by atoms with Crippen LogP contribution < -0.4 is 10.6 Å². The number of amides is 1. The third-order valence-electron chi connectivity index (χ3n) is 9.40. The molecule has 2 saturated heterocycles. The molecule has 5 aromatic rings. The number of ether oxygens (including phenoxy) is 1. The quantitative estimate of drug-likeness (QED) is 0.153. The molecule has 7 rings (SSSR count). The summed E-state index contributed by atoms with van der Waals surface area (Å²) in [6.07, 6.45) is 1.04. The Kier molecular flexibility index (Phi) is 9.94. The number of nitrogens with zero attached hydrogens (tertiary/aromatic N) is 6. The van der Waals surface area contributed by atoms with Gasteiger partial charge in [0.05, 0.1) is 12.0 Å². The number of aliphatic hydroxyl groups excluding tert-OH is 2. The highest BCUT2D eigenvalue weighted by Gasteiger charge is 2.47. The Morgan fingerprint density at radius 2 is 1.69 bits per heavy atom. The van der Waals surface area contributed by atoms with Crippen LogP contribution in [-0.2, 0) is 11.2 Å². The number of benzene rings is 2. The lowest BCUT2D eigenvalue weighted by Crippen LogP contribution is -2.38. The molecule has 2 fully saturated rings. The Labute approximate surface area is 284 Å². The molecule has 2 aliphatic heterocycles. The standard InChI is InChI=1S/C36H42N8O5/c1-2-25-20-27(49-42-25)31-29(45)30(46)36(48-31)44-22-39-28-32(38-21-26(23-12-6-3-7-13-23)24-14-8-4-9-15-24)40-33(41-34(28)44)35(47)37-16-19-43-17-10-5-11-18-43/h3-4,6-9,12-15,20,22,26,29-31,36,45-46H,2,5,10-11,16-19,21H2,1H3,(H,37,47)(H,38,40,41)/t29-,30-,31+,36+/m0/s1. The van der Waals surface area contributed by atoms with E-state index < -0.39 is 30.4 Å². The summed E-state index contributed by atoms with van der Waals surface area (Å²) in [5.41, 5.74) is 3.62. The van der Waals surface area contributed by atoms with Crippen molar-refractivity contribution in [3.63, 3.8) is 0 Å². The van der Waals surface area contributed by atoms with Gasteiger partial charge >= 0.3 is 0 Å². The van der Waals surface area contributed by atoms with Gasteiger partial charge in [-0.05, 0) is 43.5 Å². The van der Waals surface area contributed by atoms with Gasteiger partial charge in [0.1, 0.15) is 18.3 Å². The minimum atomic E-state index is -1.34. The molecule has 2 aromatic carbocycles. The number of nitrogens with one attached hydrogen (secondary N) is 2. The number of likely N-dealkylation sites (tertiary alicyclic amines) is 1. The molecule has 0 aliphatic carbocycles. The van der Waals surface area contributed by atoms with Crippen molar-refractivity contribution >= 4 is 22.9 Å². The minimum Gasteiger partial charge on any atom is -0.387 e. The highest BCUT2D eigenvalue weighted by atomic mass is 16.6. The minimum absolute atomic E-state index is 0.0258. The molecule has 0 spiro atoms. The van der Waals surface area contributed by atoms with E-state index in [9.17, 15) is 15.0 Å². The summed E-state index contributed by atoms with van der Waals surface area (Å²) in [6.45, 7) is 5.66. The number of carbonyl (C=O) groups is 1. The van der Waals surface area contributed by atoms with E-state index in [1.165, 1.54) is 30.2 Å². The SMILES string of the molecule is CCc1cc([C@H]2O[C@@H](n3cnc4c(NCC(c5ccccc5)c5ccccc5)nc(C(=O)NCCN5CCCCC5)nc43)[C@@H](O)[C@@H]2O)on1. The number of anilines is 1. The van der Waals surface area contributed by atoms with E-state index in [1.54, 1.807) is 6.07 Å². The number of rotatable bonds is 12. The Morgan fingerprint density at radius 3 is 2.37 bits per heavy atom. The van der Waals surface area contributed by atoms with Crippen molar-refractivity contribution < 1.29 is 24.3 Å². The van der Waals surface area contributed by atoms with Gasteiger partial charge in [0.2, 0.25) is 5.82 Å². The van der Waals surface area contributed by atoms with Gasteiger partial charge in [0, 0.05) is 31.6 Å². The van der Waals surface area contributed by atoms with Gasteiger partial charge in [-0.2, -0.15) is 0 Å². The summed E-state index contributed by atoms with van der Waals surface area (Å²) in [5.74, 6) is 0.195. The van der Waals surface area contributed by atoms with Gasteiger partial charge in [0.25, 0.3) is 5.91 Å². The van der Waals surface area contributed by atoms with Crippen LogP contribution in [0.5, 0.6) is 0 Å². The molecule has 0 unspecified atom stereocenters. The summed E-state index contributed by atoms with van der Waals surface area (Å²) in [6, 6.07) is 22.1. The van der Waals surface area contributed by atoms with E-state index in [0.29, 0.717) is 42.3 Å². The number of carbonyl (C=O) groups excluding carboxylic acids is 1. The normalized spacial score (nSPS) is 21.4. The Hall–Kier alpha value is -4.69. The zero-order valence-electron chi connectivity index (χ0n) is 27.5. The van der Waals surface area contributed by atoms with Gasteiger partial charge in [-0.1, -0.05) is 79.2 Å². The van der Waals surface area contributed by atoms with Gasteiger partial charge in [-0.25, -0.2) is 15.0 Å². The van der Waals surface area contributed by atoms with E-state index >= 15 is 0 Å². The highest BCUT2D eigenvalue weighted by Crippen LogP contribution is 2.40. The molecule has 1 amide bonds. The molecule has 5 heterocycles. The van der Waals surface area contributed by atoms with Crippen molar-refractivity contribution in [2.75, 3.05) is 38.0 Å². The molecule has 256 valence electrons. The van der Waals surface area contributed by atoms with E-state index in [2.05, 4.69) is 59.9 Å². The van der Waals surface area contributed by atoms with Crippen LogP contribution in [0.3, 0.4) is 0 Å². The molecule has 49 heavy (non-hydrogen) atoms. The van der Waals surface area contributed by atoms with Crippen LogP contribution in [0, 0.1) is 0 Å². The van der Waals surface area contributed by atoms with Crippen molar-refractivity contribution in [3.05, 3.63) is 101 Å². The molecule has 3 aromatic heterocycles. The average molecular weight is 667 g/mol.